The second-order valence-corrected chi connectivity index (χ2v) is 5.84. The summed E-state index contributed by atoms with van der Waals surface area (Å²) in [5.74, 6) is 1.27. The number of carbonyl (C=O) groups is 1. The topological polar surface area (TPSA) is 71.0 Å². The van der Waals surface area contributed by atoms with Crippen molar-refractivity contribution in [2.45, 2.75) is 32.7 Å². The summed E-state index contributed by atoms with van der Waals surface area (Å²) >= 11 is 0. The predicted octanol–water partition coefficient (Wildman–Crippen LogP) is 1.56. The van der Waals surface area contributed by atoms with Crippen molar-refractivity contribution in [1.29, 1.82) is 0 Å². The molecule has 1 heterocycles. The van der Waals surface area contributed by atoms with Crippen LogP contribution < -0.4 is 14.8 Å². The zero-order valence-electron chi connectivity index (χ0n) is 14.4. The highest BCUT2D eigenvalue weighted by Gasteiger charge is 2.17. The Morgan fingerprint density at radius 2 is 2.00 bits per heavy atom. The van der Waals surface area contributed by atoms with Crippen LogP contribution in [0.15, 0.2) is 18.2 Å². The first-order valence-electron chi connectivity index (χ1n) is 8.72. The number of aliphatic hydroxyl groups is 1. The van der Waals surface area contributed by atoms with Crippen LogP contribution in [0.4, 0.5) is 0 Å². The van der Waals surface area contributed by atoms with Gasteiger partial charge in [-0.05, 0) is 43.9 Å². The van der Waals surface area contributed by atoms with Crippen LogP contribution in [-0.4, -0.2) is 55.4 Å². The van der Waals surface area contributed by atoms with Gasteiger partial charge >= 0.3 is 0 Å². The number of piperidine rings is 1. The van der Waals surface area contributed by atoms with E-state index in [0.717, 1.165) is 31.5 Å². The first kappa shape index (κ1) is 18.5. The van der Waals surface area contributed by atoms with E-state index in [1.807, 2.05) is 30.0 Å². The molecule has 1 saturated heterocycles. The van der Waals surface area contributed by atoms with Gasteiger partial charge < -0.3 is 24.8 Å². The normalized spacial score (nSPS) is 14.5. The average molecular weight is 336 g/mol. The molecule has 1 aliphatic heterocycles. The van der Waals surface area contributed by atoms with E-state index >= 15 is 0 Å². The van der Waals surface area contributed by atoms with Gasteiger partial charge in [-0.3, -0.25) is 4.79 Å². The molecule has 0 aromatic heterocycles. The number of hydrogen-bond donors (Lipinski definition) is 2. The number of nitrogens with zero attached hydrogens (tertiary/aromatic N) is 1. The lowest BCUT2D eigenvalue weighted by Gasteiger charge is -2.26. The van der Waals surface area contributed by atoms with E-state index in [2.05, 4.69) is 5.32 Å². The predicted molar refractivity (Wildman–Crippen MR) is 92.3 cm³/mol. The maximum Gasteiger partial charge on any atom is 0.260 e. The number of hydrogen-bond acceptors (Lipinski definition) is 5. The Morgan fingerprint density at radius 3 is 2.71 bits per heavy atom. The Bertz CT molecular complexity index is 516. The molecule has 1 aromatic carbocycles. The van der Waals surface area contributed by atoms with Crippen LogP contribution in [0.25, 0.3) is 0 Å². The number of aliphatic hydroxyl groups excluding tert-OH is 1. The van der Waals surface area contributed by atoms with Gasteiger partial charge in [0, 0.05) is 26.2 Å². The van der Waals surface area contributed by atoms with Gasteiger partial charge in [-0.1, -0.05) is 6.07 Å². The molecule has 2 rings (SSSR count). The highest BCUT2D eigenvalue weighted by Crippen LogP contribution is 2.28. The standard InChI is InChI=1S/C18H28N2O4/c1-2-23-17-12-15(13-19-8-11-21)6-7-16(17)24-14-18(22)20-9-4-3-5-10-20/h6-7,12,19,21H,2-5,8-11,13-14H2,1H3. The summed E-state index contributed by atoms with van der Waals surface area (Å²) in [4.78, 5) is 14.1. The summed E-state index contributed by atoms with van der Waals surface area (Å²) in [6.07, 6.45) is 3.35. The van der Waals surface area contributed by atoms with E-state index in [1.165, 1.54) is 6.42 Å². The van der Waals surface area contributed by atoms with Crippen molar-refractivity contribution >= 4 is 5.91 Å². The Balaban J connectivity index is 1.93. The molecule has 0 unspecified atom stereocenters. The summed E-state index contributed by atoms with van der Waals surface area (Å²) in [6.45, 7) is 5.45. The van der Waals surface area contributed by atoms with Gasteiger partial charge in [0.25, 0.3) is 5.91 Å². The molecule has 1 aromatic rings. The minimum Gasteiger partial charge on any atom is -0.490 e. The third-order valence-corrected chi connectivity index (χ3v) is 3.99. The second kappa shape index (κ2) is 10.2. The Hall–Kier alpha value is -1.79. The quantitative estimate of drug-likeness (QED) is 0.670. The lowest BCUT2D eigenvalue weighted by molar-refractivity contribution is -0.134. The lowest BCUT2D eigenvalue weighted by atomic mass is 10.1. The van der Waals surface area contributed by atoms with Crippen LogP contribution >= 0.6 is 0 Å². The zero-order valence-corrected chi connectivity index (χ0v) is 14.4. The van der Waals surface area contributed by atoms with Crippen LogP contribution in [-0.2, 0) is 11.3 Å². The van der Waals surface area contributed by atoms with Gasteiger partial charge in [0.1, 0.15) is 0 Å². The largest absolute Gasteiger partial charge is 0.490 e. The maximum absolute atomic E-state index is 12.2. The highest BCUT2D eigenvalue weighted by atomic mass is 16.5. The van der Waals surface area contributed by atoms with E-state index in [-0.39, 0.29) is 19.1 Å². The first-order chi connectivity index (χ1) is 11.7. The molecule has 0 radical (unpaired) electrons. The number of ether oxygens (including phenoxy) is 2. The van der Waals surface area contributed by atoms with Crippen molar-refractivity contribution in [3.63, 3.8) is 0 Å². The number of carbonyl (C=O) groups excluding carboxylic acids is 1. The van der Waals surface area contributed by atoms with Crippen LogP contribution in [0, 0.1) is 0 Å². The molecule has 6 heteroatoms. The molecule has 0 spiro atoms. The zero-order chi connectivity index (χ0) is 17.2. The minimum absolute atomic E-state index is 0.0332. The second-order valence-electron chi connectivity index (χ2n) is 5.84. The Kier molecular flexibility index (Phi) is 7.85. The van der Waals surface area contributed by atoms with Gasteiger partial charge in [0.2, 0.25) is 0 Å². The number of benzene rings is 1. The molecule has 2 N–H and O–H groups in total. The Labute approximate surface area is 143 Å². The summed E-state index contributed by atoms with van der Waals surface area (Å²) < 4.78 is 11.3. The smallest absolute Gasteiger partial charge is 0.260 e. The van der Waals surface area contributed by atoms with Crippen LogP contribution in [0.3, 0.4) is 0 Å². The molecule has 1 fully saturated rings. The van der Waals surface area contributed by atoms with Gasteiger partial charge in [-0.2, -0.15) is 0 Å². The minimum atomic E-state index is 0.0332. The number of nitrogens with one attached hydrogen (secondary N) is 1. The molecule has 6 nitrogen and oxygen atoms in total. The molecule has 24 heavy (non-hydrogen) atoms. The fraction of sp³-hybridized carbons (Fsp3) is 0.611. The van der Waals surface area contributed by atoms with E-state index in [9.17, 15) is 4.79 Å². The molecule has 0 atom stereocenters. The molecule has 0 saturated carbocycles. The molecule has 0 bridgehead atoms. The average Bonchev–Trinajstić information content (AvgIpc) is 2.62. The first-order valence-corrected chi connectivity index (χ1v) is 8.72. The van der Waals surface area contributed by atoms with Gasteiger partial charge in [-0.15, -0.1) is 0 Å². The van der Waals surface area contributed by atoms with E-state index in [0.29, 0.717) is 31.2 Å². The molecule has 134 valence electrons. The monoisotopic (exact) mass is 336 g/mol. The highest BCUT2D eigenvalue weighted by molar-refractivity contribution is 5.78. The molecule has 1 aliphatic rings. The maximum atomic E-state index is 12.2. The summed E-state index contributed by atoms with van der Waals surface area (Å²) in [5.41, 5.74) is 1.04. The SMILES string of the molecule is CCOc1cc(CNCCO)ccc1OCC(=O)N1CCCCC1. The molecule has 1 amide bonds. The lowest BCUT2D eigenvalue weighted by Crippen LogP contribution is -2.38. The third kappa shape index (κ3) is 5.69. The van der Waals surface area contributed by atoms with Crippen molar-refractivity contribution in [3.05, 3.63) is 23.8 Å². The van der Waals surface area contributed by atoms with Crippen molar-refractivity contribution in [2.75, 3.05) is 39.5 Å². The van der Waals surface area contributed by atoms with E-state index in [4.69, 9.17) is 14.6 Å². The van der Waals surface area contributed by atoms with E-state index in [1.54, 1.807) is 0 Å². The third-order valence-electron chi connectivity index (χ3n) is 3.99. The summed E-state index contributed by atoms with van der Waals surface area (Å²) in [7, 11) is 0. The van der Waals surface area contributed by atoms with Crippen molar-refractivity contribution in [1.82, 2.24) is 10.2 Å². The van der Waals surface area contributed by atoms with Crippen LogP contribution in [0.2, 0.25) is 0 Å². The van der Waals surface area contributed by atoms with Crippen LogP contribution in [0.5, 0.6) is 11.5 Å². The summed E-state index contributed by atoms with van der Waals surface area (Å²) in [6, 6.07) is 5.69. The molecular weight excluding hydrogens is 308 g/mol. The van der Waals surface area contributed by atoms with Gasteiger partial charge in [0.05, 0.1) is 13.2 Å². The van der Waals surface area contributed by atoms with Crippen molar-refractivity contribution in [3.8, 4) is 11.5 Å². The van der Waals surface area contributed by atoms with Gasteiger partial charge in [0.15, 0.2) is 18.1 Å². The number of rotatable bonds is 9. The van der Waals surface area contributed by atoms with Crippen molar-refractivity contribution < 1.29 is 19.4 Å². The van der Waals surface area contributed by atoms with Gasteiger partial charge in [-0.25, -0.2) is 0 Å². The Morgan fingerprint density at radius 1 is 1.21 bits per heavy atom. The summed E-state index contributed by atoms with van der Waals surface area (Å²) in [5, 5.41) is 11.9. The number of likely N-dealkylation sites (tertiary alicyclic amines) is 1. The van der Waals surface area contributed by atoms with Crippen LogP contribution in [0.1, 0.15) is 31.7 Å². The fourth-order valence-corrected chi connectivity index (χ4v) is 2.74. The molecular formula is C18H28N2O4. The number of amides is 1. The molecule has 0 aliphatic carbocycles. The van der Waals surface area contributed by atoms with Crippen molar-refractivity contribution in [2.24, 2.45) is 0 Å². The fourth-order valence-electron chi connectivity index (χ4n) is 2.74. The van der Waals surface area contributed by atoms with E-state index < -0.39 is 0 Å².